The summed E-state index contributed by atoms with van der Waals surface area (Å²) < 4.78 is 11.9. The van der Waals surface area contributed by atoms with Crippen LogP contribution in [-0.4, -0.2) is 100 Å². The van der Waals surface area contributed by atoms with Gasteiger partial charge in [0, 0.05) is 71.2 Å². The summed E-state index contributed by atoms with van der Waals surface area (Å²) in [5.74, 6) is 1.03. The molecule has 3 aliphatic heterocycles. The van der Waals surface area contributed by atoms with Gasteiger partial charge in [0.05, 0.1) is 12.7 Å². The van der Waals surface area contributed by atoms with Gasteiger partial charge < -0.3 is 24.6 Å². The van der Waals surface area contributed by atoms with E-state index < -0.39 is 0 Å². The van der Waals surface area contributed by atoms with E-state index in [1.807, 2.05) is 0 Å². The lowest BCUT2D eigenvalue weighted by Crippen LogP contribution is -2.53. The van der Waals surface area contributed by atoms with Crippen LogP contribution in [0.1, 0.15) is 26.2 Å². The van der Waals surface area contributed by atoms with Crippen molar-refractivity contribution in [3.8, 4) is 0 Å². The van der Waals surface area contributed by atoms with Crippen molar-refractivity contribution in [1.82, 2.24) is 15.1 Å². The molecule has 2 atom stereocenters. The Morgan fingerprint density at radius 1 is 1.03 bits per heavy atom. The molecule has 7 nitrogen and oxygen atoms in total. The van der Waals surface area contributed by atoms with Crippen molar-refractivity contribution in [2.75, 3.05) is 77.0 Å². The molecule has 3 saturated heterocycles. The van der Waals surface area contributed by atoms with Gasteiger partial charge in [0.2, 0.25) is 0 Å². The van der Waals surface area contributed by atoms with Gasteiger partial charge in [-0.1, -0.05) is 18.2 Å². The summed E-state index contributed by atoms with van der Waals surface area (Å²) >= 11 is 0. The van der Waals surface area contributed by atoms with Crippen molar-refractivity contribution in [3.05, 3.63) is 30.3 Å². The second-order valence-electron chi connectivity index (χ2n) is 8.66. The summed E-state index contributed by atoms with van der Waals surface area (Å²) in [6.45, 7) is 12.9. The highest BCUT2D eigenvalue weighted by Gasteiger charge is 2.32. The van der Waals surface area contributed by atoms with Gasteiger partial charge in [0.15, 0.2) is 5.96 Å². The molecule has 3 heterocycles. The van der Waals surface area contributed by atoms with Crippen molar-refractivity contribution in [2.24, 2.45) is 4.99 Å². The van der Waals surface area contributed by atoms with Crippen LogP contribution >= 0.6 is 24.0 Å². The maximum absolute atomic E-state index is 6.01. The third kappa shape index (κ3) is 7.20. The van der Waals surface area contributed by atoms with Crippen LogP contribution < -0.4 is 10.2 Å². The number of rotatable bonds is 7. The van der Waals surface area contributed by atoms with Crippen LogP contribution in [0.3, 0.4) is 0 Å². The minimum atomic E-state index is 0. The lowest BCUT2D eigenvalue weighted by Gasteiger charge is -2.37. The molecule has 32 heavy (non-hydrogen) atoms. The van der Waals surface area contributed by atoms with E-state index in [0.29, 0.717) is 0 Å². The Bertz CT molecular complexity index is 678. The third-order valence-electron chi connectivity index (χ3n) is 6.50. The number of aliphatic imine (C=N–C) groups is 1. The lowest BCUT2D eigenvalue weighted by atomic mass is 10.1. The van der Waals surface area contributed by atoms with E-state index in [4.69, 9.17) is 14.5 Å². The molecule has 1 aromatic carbocycles. The van der Waals surface area contributed by atoms with Crippen LogP contribution in [0.25, 0.3) is 0 Å². The monoisotopic (exact) mass is 557 g/mol. The van der Waals surface area contributed by atoms with Crippen molar-refractivity contribution in [2.45, 2.75) is 38.4 Å². The Morgan fingerprint density at radius 2 is 1.81 bits per heavy atom. The van der Waals surface area contributed by atoms with Crippen LogP contribution in [0.5, 0.6) is 0 Å². The maximum Gasteiger partial charge on any atom is 0.194 e. The molecule has 0 saturated carbocycles. The smallest absolute Gasteiger partial charge is 0.194 e. The fraction of sp³-hybridized carbons (Fsp3) is 0.708. The van der Waals surface area contributed by atoms with E-state index in [9.17, 15) is 0 Å². The van der Waals surface area contributed by atoms with E-state index in [1.165, 1.54) is 5.69 Å². The number of hydrogen-bond donors (Lipinski definition) is 1. The first-order chi connectivity index (χ1) is 15.3. The molecule has 0 aromatic heterocycles. The predicted molar refractivity (Wildman–Crippen MR) is 141 cm³/mol. The number of nitrogens with zero attached hydrogens (tertiary/aromatic N) is 4. The maximum atomic E-state index is 6.01. The number of nitrogens with one attached hydrogen (secondary N) is 1. The molecule has 3 aliphatic rings. The second-order valence-corrected chi connectivity index (χ2v) is 8.66. The minimum Gasteiger partial charge on any atom is -0.375 e. The van der Waals surface area contributed by atoms with E-state index in [2.05, 4.69) is 57.3 Å². The quantitative estimate of drug-likeness (QED) is 0.241. The molecule has 0 aliphatic carbocycles. The molecule has 4 rings (SSSR count). The Balaban J connectivity index is 0.00000289. The van der Waals surface area contributed by atoms with Gasteiger partial charge in [-0.05, 0) is 38.3 Å². The number of benzene rings is 1. The Morgan fingerprint density at radius 3 is 2.53 bits per heavy atom. The summed E-state index contributed by atoms with van der Waals surface area (Å²) in [5, 5.41) is 3.49. The second kappa shape index (κ2) is 13.6. The van der Waals surface area contributed by atoms with Crippen molar-refractivity contribution < 1.29 is 9.47 Å². The van der Waals surface area contributed by atoms with Crippen LogP contribution in [-0.2, 0) is 9.47 Å². The Labute approximate surface area is 210 Å². The van der Waals surface area contributed by atoms with Gasteiger partial charge in [0.1, 0.15) is 6.10 Å². The van der Waals surface area contributed by atoms with Crippen molar-refractivity contribution >= 4 is 35.6 Å². The molecule has 8 heteroatoms. The highest BCUT2D eigenvalue weighted by molar-refractivity contribution is 14.0. The average Bonchev–Trinajstić information content (AvgIpc) is 3.37. The number of anilines is 1. The zero-order chi connectivity index (χ0) is 21.3. The normalized spacial score (nSPS) is 25.0. The molecule has 2 unspecified atom stereocenters. The summed E-state index contributed by atoms with van der Waals surface area (Å²) in [5.41, 5.74) is 1.34. The van der Waals surface area contributed by atoms with Crippen LogP contribution in [0.4, 0.5) is 5.69 Å². The summed E-state index contributed by atoms with van der Waals surface area (Å²) in [4.78, 5) is 12.4. The minimum absolute atomic E-state index is 0. The molecule has 1 N–H and O–H groups in total. The Kier molecular flexibility index (Phi) is 10.8. The molecular formula is C24H40IN5O2. The third-order valence-corrected chi connectivity index (χ3v) is 6.50. The Hall–Kier alpha value is -1.10. The number of ether oxygens (including phenoxy) is 2. The molecule has 3 fully saturated rings. The molecular weight excluding hydrogens is 517 g/mol. The number of para-hydroxylation sites is 1. The average molecular weight is 558 g/mol. The number of hydrogen-bond acceptors (Lipinski definition) is 5. The zero-order valence-electron chi connectivity index (χ0n) is 19.5. The number of guanidine groups is 1. The zero-order valence-corrected chi connectivity index (χ0v) is 21.8. The van der Waals surface area contributed by atoms with Gasteiger partial charge in [-0.25, -0.2) is 0 Å². The first-order valence-electron chi connectivity index (χ1n) is 12.1. The highest BCUT2D eigenvalue weighted by atomic mass is 127. The van der Waals surface area contributed by atoms with E-state index in [0.717, 1.165) is 97.3 Å². The summed E-state index contributed by atoms with van der Waals surface area (Å²) in [6, 6.07) is 10.8. The lowest BCUT2D eigenvalue weighted by molar-refractivity contribution is -0.0817. The molecule has 0 radical (unpaired) electrons. The fourth-order valence-corrected chi connectivity index (χ4v) is 4.76. The number of piperazine rings is 1. The van der Waals surface area contributed by atoms with Gasteiger partial charge in [-0.15, -0.1) is 24.0 Å². The van der Waals surface area contributed by atoms with Gasteiger partial charge in [-0.3, -0.25) is 9.89 Å². The largest absolute Gasteiger partial charge is 0.375 e. The van der Waals surface area contributed by atoms with Gasteiger partial charge in [-0.2, -0.15) is 0 Å². The van der Waals surface area contributed by atoms with Crippen LogP contribution in [0, 0.1) is 0 Å². The molecule has 180 valence electrons. The fourth-order valence-electron chi connectivity index (χ4n) is 4.76. The topological polar surface area (TPSA) is 52.6 Å². The number of morpholine rings is 1. The van der Waals surface area contributed by atoms with Crippen LogP contribution in [0.15, 0.2) is 35.3 Å². The van der Waals surface area contributed by atoms with Crippen molar-refractivity contribution in [1.29, 1.82) is 0 Å². The SMILES string of the molecule is CCNC(=NCCCN1CCN(c2ccccc2)CC1)N1CCOC(C2CCCO2)C1.I. The predicted octanol–water partition coefficient (Wildman–Crippen LogP) is 2.66. The van der Waals surface area contributed by atoms with Crippen LogP contribution in [0.2, 0.25) is 0 Å². The summed E-state index contributed by atoms with van der Waals surface area (Å²) in [7, 11) is 0. The molecule has 0 spiro atoms. The highest BCUT2D eigenvalue weighted by Crippen LogP contribution is 2.21. The first-order valence-corrected chi connectivity index (χ1v) is 12.1. The molecule has 0 amide bonds. The number of halogens is 1. The molecule has 1 aromatic rings. The standard InChI is InChI=1S/C24H39N5O2.HI/c1-2-25-24(29-17-19-31-23(20-29)22-10-6-18-30-22)26-11-7-12-27-13-15-28(16-14-27)21-8-4-3-5-9-21;/h3-5,8-9,22-23H,2,6-7,10-20H2,1H3,(H,25,26);1H. The van der Waals surface area contributed by atoms with Gasteiger partial charge >= 0.3 is 0 Å². The summed E-state index contributed by atoms with van der Waals surface area (Å²) in [6.07, 6.45) is 3.78. The van der Waals surface area contributed by atoms with Gasteiger partial charge in [0.25, 0.3) is 0 Å². The van der Waals surface area contributed by atoms with Crippen molar-refractivity contribution in [3.63, 3.8) is 0 Å². The van der Waals surface area contributed by atoms with E-state index >= 15 is 0 Å². The van der Waals surface area contributed by atoms with E-state index in [-0.39, 0.29) is 36.2 Å². The van der Waals surface area contributed by atoms with E-state index in [1.54, 1.807) is 0 Å². The molecule has 0 bridgehead atoms. The first kappa shape index (κ1) is 25.5.